The van der Waals surface area contributed by atoms with Crippen molar-refractivity contribution < 1.29 is 140 Å². The van der Waals surface area contributed by atoms with E-state index in [2.05, 4.69) is 26.0 Å². The van der Waals surface area contributed by atoms with E-state index in [0.29, 0.717) is 44.9 Å². The number of cyclic esters (lactones) is 1. The molecule has 9 fully saturated rings. The summed E-state index contributed by atoms with van der Waals surface area (Å²) in [5.74, 6) is -0.974. The van der Waals surface area contributed by atoms with Crippen LogP contribution in [0.2, 0.25) is 0 Å². The highest BCUT2D eigenvalue weighted by molar-refractivity contribution is 7.80. The number of aliphatic hydroxyl groups is 11. The molecule has 0 amide bonds. The SMILES string of the molecule is CO[C@@H]1[C@@H](O)[C@H](O[C@@H]2[C@@H](O)[C@H](O[C@H]3[C@H](O)[C@@H](O[C@@H]4OC[C@@H](O)[C@H](O)[C@H]4O)[C@H](O[C@H]4[C@H](OC5CC[C@]6(C)[C@H]7CC[C@]89C(=O)O[C@@](C)(CCC=C(C)C)[C@H]8C(=O)C[C@@]9(C)C7=CC[C@H]6C5(C)C)OC[C@@H](OS(=O)(=O)O)[C@@H]4O)O[C@@H]3C)O[C@H](CO)[C@H]2O)O[C@H](CO)[C@H]1O. The maximum atomic E-state index is 14.5. The number of allylic oxidation sites excluding steroid dienone is 4. The van der Waals surface area contributed by atoms with Crippen LogP contribution in [0.15, 0.2) is 23.3 Å². The second-order valence-corrected chi connectivity index (χ2v) is 28.7. The number of aliphatic hydroxyl groups excluding tert-OH is 11. The standard InChI is InChI=1S/C59H92O29S/c1-24(2)11-10-16-58(8)48-28(62)19-57(7)27-12-13-33-55(4,5)34(15-17-56(33,6)26(27)14-18-59(48,57)54(72)87-58)82-52-46(38(67)32(23-78-52)88-89(73,74)75)86-53-47(85-49-39(68)35(64)29(63)22-77-49)40(69)43(25(3)79-53)83-51-42(71)45(37(66)31(21-61)81-51)84-50-41(70)44(76-9)36(65)30(20-60)80-50/h11-12,25-26,29-53,60-61,63-71H,10,13-23H2,1-9H3,(H,73,74,75)/t25-,26+,29-,30-,31-,32-,33+,34?,35+,36-,37-,38+,39-,40+,41-,42-,43-,44+,45+,46-,47-,48-,49+,50+,51+,52+,53+,56-,57+,58+,59-/m1/s1. The number of fused-ring (bicyclic) bond motifs is 4. The monoisotopic (exact) mass is 1300 g/mol. The molecule has 3 saturated carbocycles. The maximum absolute atomic E-state index is 14.5. The predicted octanol–water partition coefficient (Wildman–Crippen LogP) is -1.92. The summed E-state index contributed by atoms with van der Waals surface area (Å²) in [4.78, 5) is 28.9. The number of ketones is 1. The van der Waals surface area contributed by atoms with Crippen LogP contribution in [0, 0.1) is 39.4 Å². The van der Waals surface area contributed by atoms with Crippen LogP contribution in [-0.4, -0.2) is 267 Å². The third-order valence-corrected chi connectivity index (χ3v) is 22.2. The first kappa shape index (κ1) is 69.4. The Hall–Kier alpha value is -2.39. The van der Waals surface area contributed by atoms with Crippen LogP contribution in [0.5, 0.6) is 0 Å². The summed E-state index contributed by atoms with van der Waals surface area (Å²) in [5, 5.41) is 122. The van der Waals surface area contributed by atoms with Crippen LogP contribution in [0.1, 0.15) is 107 Å². The molecule has 0 aromatic rings. The summed E-state index contributed by atoms with van der Waals surface area (Å²) >= 11 is 0. The zero-order valence-corrected chi connectivity index (χ0v) is 52.3. The van der Waals surface area contributed by atoms with Crippen molar-refractivity contribution in [2.45, 2.75) is 260 Å². The fourth-order valence-corrected chi connectivity index (χ4v) is 17.6. The predicted molar refractivity (Wildman–Crippen MR) is 298 cm³/mol. The Labute approximate surface area is 516 Å². The summed E-state index contributed by atoms with van der Waals surface area (Å²) in [7, 11) is -4.11. The molecule has 31 atom stereocenters. The van der Waals surface area contributed by atoms with Gasteiger partial charge in [0.15, 0.2) is 31.5 Å². The van der Waals surface area contributed by atoms with E-state index in [1.54, 1.807) is 0 Å². The third-order valence-electron chi connectivity index (χ3n) is 21.7. The molecule has 6 heterocycles. The number of Topliss-reactive ketones (excluding diaryl/α,β-unsaturated/α-hetero) is 1. The first-order valence-electron chi connectivity index (χ1n) is 30.8. The van der Waals surface area contributed by atoms with Gasteiger partial charge in [-0.15, -0.1) is 0 Å². The van der Waals surface area contributed by atoms with Gasteiger partial charge in [-0.1, -0.05) is 51.0 Å². The minimum absolute atomic E-state index is 0.0232. The Kier molecular flexibility index (Phi) is 20.3. The largest absolute Gasteiger partial charge is 0.458 e. The Morgan fingerprint density at radius 1 is 0.674 bits per heavy atom. The van der Waals surface area contributed by atoms with Gasteiger partial charge in [-0.25, -0.2) is 4.18 Å². The topological polar surface area (TPSA) is 431 Å². The lowest BCUT2D eigenvalue weighted by Crippen LogP contribution is -2.68. The Bertz CT molecular complexity index is 2710. The summed E-state index contributed by atoms with van der Waals surface area (Å²) < 4.78 is 112. The van der Waals surface area contributed by atoms with Gasteiger partial charge >= 0.3 is 16.4 Å². The zero-order chi connectivity index (χ0) is 65.0. The van der Waals surface area contributed by atoms with Crippen molar-refractivity contribution >= 4 is 22.2 Å². The van der Waals surface area contributed by atoms with Crippen molar-refractivity contribution in [1.82, 2.24) is 0 Å². The molecule has 0 aromatic heterocycles. The lowest BCUT2D eigenvalue weighted by atomic mass is 9.41. The van der Waals surface area contributed by atoms with Crippen molar-refractivity contribution in [3.63, 3.8) is 0 Å². The van der Waals surface area contributed by atoms with Crippen LogP contribution in [-0.2, 0) is 81.0 Å². The van der Waals surface area contributed by atoms with E-state index in [4.69, 9.17) is 61.0 Å². The summed E-state index contributed by atoms with van der Waals surface area (Å²) in [6.45, 7) is 12.7. The fraction of sp³-hybridized carbons (Fsp3) is 0.898. The Balaban J connectivity index is 0.909. The van der Waals surface area contributed by atoms with E-state index in [1.807, 2.05) is 34.6 Å². The van der Waals surface area contributed by atoms with Crippen LogP contribution >= 0.6 is 0 Å². The van der Waals surface area contributed by atoms with Gasteiger partial charge in [0.25, 0.3) is 0 Å². The minimum Gasteiger partial charge on any atom is -0.458 e. The van der Waals surface area contributed by atoms with Gasteiger partial charge in [-0.05, 0) is 95.3 Å². The van der Waals surface area contributed by atoms with Gasteiger partial charge in [0, 0.05) is 18.9 Å². The van der Waals surface area contributed by atoms with Crippen molar-refractivity contribution in [2.24, 2.45) is 39.4 Å². The smallest absolute Gasteiger partial charge is 0.397 e. The number of carbonyl (C=O) groups excluding carboxylic acids is 2. The van der Waals surface area contributed by atoms with Gasteiger partial charge in [0.1, 0.15) is 115 Å². The molecule has 1 unspecified atom stereocenters. The quantitative estimate of drug-likeness (QED) is 0.0404. The molecular weight excluding hydrogens is 1200 g/mol. The molecule has 89 heavy (non-hydrogen) atoms. The molecule has 30 heteroatoms. The Morgan fingerprint density at radius 3 is 1.90 bits per heavy atom. The molecule has 10 rings (SSSR count). The zero-order valence-electron chi connectivity index (χ0n) is 51.4. The molecule has 1 spiro atoms. The molecular formula is C59H92O29S. The van der Waals surface area contributed by atoms with E-state index < -0.39 is 212 Å². The molecule has 10 aliphatic rings. The van der Waals surface area contributed by atoms with Crippen molar-refractivity contribution in [1.29, 1.82) is 0 Å². The third kappa shape index (κ3) is 12.2. The highest BCUT2D eigenvalue weighted by Crippen LogP contribution is 2.75. The number of esters is 1. The van der Waals surface area contributed by atoms with Crippen molar-refractivity contribution in [3.8, 4) is 0 Å². The summed E-state index contributed by atoms with van der Waals surface area (Å²) in [5.41, 5.74) is -1.61. The summed E-state index contributed by atoms with van der Waals surface area (Å²) in [6.07, 6.45) is -33.1. The van der Waals surface area contributed by atoms with Crippen LogP contribution in [0.4, 0.5) is 0 Å². The average Bonchev–Trinajstić information content (AvgIpc) is 1.53. The number of hydrogen-bond donors (Lipinski definition) is 12. The molecule has 0 radical (unpaired) electrons. The highest BCUT2D eigenvalue weighted by Gasteiger charge is 2.79. The maximum Gasteiger partial charge on any atom is 0.397 e. The minimum atomic E-state index is -5.27. The van der Waals surface area contributed by atoms with E-state index in [9.17, 15) is 78.7 Å². The normalized spacial score (nSPS) is 50.7. The summed E-state index contributed by atoms with van der Waals surface area (Å²) in [6, 6.07) is 0. The lowest BCUT2D eigenvalue weighted by molar-refractivity contribution is -0.403. The number of rotatable bonds is 18. The first-order chi connectivity index (χ1) is 41.7. The van der Waals surface area contributed by atoms with Gasteiger partial charge in [0.05, 0.1) is 50.0 Å². The number of carbonyl (C=O) groups is 2. The molecule has 29 nitrogen and oxygen atoms in total. The van der Waals surface area contributed by atoms with Gasteiger partial charge < -0.3 is 113 Å². The Morgan fingerprint density at radius 2 is 1.27 bits per heavy atom. The van der Waals surface area contributed by atoms with Gasteiger partial charge in [-0.2, -0.15) is 8.42 Å². The van der Waals surface area contributed by atoms with Gasteiger partial charge in [0.2, 0.25) is 0 Å². The highest BCUT2D eigenvalue weighted by atomic mass is 32.3. The molecule has 4 aliphatic carbocycles. The second kappa shape index (κ2) is 26.0. The van der Waals surface area contributed by atoms with Crippen LogP contribution in [0.25, 0.3) is 0 Å². The van der Waals surface area contributed by atoms with E-state index in [1.165, 1.54) is 6.92 Å². The molecule has 0 bridgehead atoms. The first-order valence-corrected chi connectivity index (χ1v) is 32.2. The van der Waals surface area contributed by atoms with E-state index in [0.717, 1.165) is 18.3 Å². The molecule has 12 N–H and O–H groups in total. The van der Waals surface area contributed by atoms with E-state index in [-0.39, 0.29) is 35.4 Å². The molecule has 6 aliphatic heterocycles. The molecule has 0 aromatic carbocycles. The average molecular weight is 1300 g/mol. The molecule has 6 saturated heterocycles. The second-order valence-electron chi connectivity index (χ2n) is 27.7. The van der Waals surface area contributed by atoms with Crippen LogP contribution < -0.4 is 0 Å². The van der Waals surface area contributed by atoms with Crippen molar-refractivity contribution in [2.75, 3.05) is 33.5 Å². The fourth-order valence-electron chi connectivity index (χ4n) is 17.1. The van der Waals surface area contributed by atoms with Gasteiger partial charge in [-0.3, -0.25) is 14.1 Å². The van der Waals surface area contributed by atoms with Crippen molar-refractivity contribution in [3.05, 3.63) is 23.3 Å². The number of hydrogen-bond acceptors (Lipinski definition) is 28. The number of ether oxygens (including phenoxy) is 12. The lowest BCUT2D eigenvalue weighted by Gasteiger charge is -2.63. The number of methoxy groups -OCH3 is 1. The van der Waals surface area contributed by atoms with E-state index >= 15 is 0 Å². The molecule has 508 valence electrons. The van der Waals surface area contributed by atoms with Crippen LogP contribution in [0.3, 0.4) is 0 Å².